The molecule has 6 nitrogen and oxygen atoms in total. The maximum atomic E-state index is 11.7. The molecule has 0 spiro atoms. The Morgan fingerprint density at radius 1 is 1.06 bits per heavy atom. The average Bonchev–Trinajstić information content (AvgIpc) is 3.27. The molecular formula is C24H28BNO5. The first-order valence-corrected chi connectivity index (χ1v) is 10.4. The van der Waals surface area contributed by atoms with Crippen molar-refractivity contribution in [3.63, 3.8) is 0 Å². The summed E-state index contributed by atoms with van der Waals surface area (Å²) in [5, 5.41) is 1.06. The maximum absolute atomic E-state index is 11.7. The molecule has 162 valence electrons. The zero-order valence-electron chi connectivity index (χ0n) is 18.7. The second-order valence-electron chi connectivity index (χ2n) is 8.86. The predicted octanol–water partition coefficient (Wildman–Crippen LogP) is 3.76. The van der Waals surface area contributed by atoms with Crippen molar-refractivity contribution in [2.45, 2.75) is 51.9 Å². The number of aromatic nitrogens is 1. The largest absolute Gasteiger partial charge is 0.495 e. The summed E-state index contributed by atoms with van der Waals surface area (Å²) < 4.78 is 23.5. The molecule has 1 aromatic heterocycles. The summed E-state index contributed by atoms with van der Waals surface area (Å²) in [6, 6.07) is 13.7. The van der Waals surface area contributed by atoms with Crippen LogP contribution in [0, 0.1) is 0 Å². The molecule has 0 saturated carbocycles. The molecule has 0 aliphatic carbocycles. The van der Waals surface area contributed by atoms with Crippen LogP contribution in [-0.4, -0.2) is 36.4 Å². The van der Waals surface area contributed by atoms with E-state index in [1.54, 1.807) is 0 Å². The first-order valence-electron chi connectivity index (χ1n) is 10.4. The van der Waals surface area contributed by atoms with E-state index in [0.717, 1.165) is 27.5 Å². The Hall–Kier alpha value is -2.77. The number of aromatic amines is 1. The van der Waals surface area contributed by atoms with E-state index in [4.69, 9.17) is 18.8 Å². The van der Waals surface area contributed by atoms with Crippen LogP contribution in [0.5, 0.6) is 5.75 Å². The Balaban J connectivity index is 1.60. The van der Waals surface area contributed by atoms with Gasteiger partial charge in [-0.25, -0.2) is 0 Å². The summed E-state index contributed by atoms with van der Waals surface area (Å²) in [6.07, 6.45) is 2.08. The van der Waals surface area contributed by atoms with Gasteiger partial charge in [0.2, 0.25) is 0 Å². The molecule has 0 bridgehead atoms. The molecule has 1 aliphatic rings. The van der Waals surface area contributed by atoms with Gasteiger partial charge in [-0.15, -0.1) is 0 Å². The smallest absolute Gasteiger partial charge is 0.489 e. The molecular weight excluding hydrogens is 393 g/mol. The highest BCUT2D eigenvalue weighted by molar-refractivity contribution is 6.65. The van der Waals surface area contributed by atoms with Gasteiger partial charge in [0.25, 0.3) is 0 Å². The monoisotopic (exact) mass is 421 g/mol. The minimum atomic E-state index is -0.463. The molecule has 0 unspecified atom stereocenters. The van der Waals surface area contributed by atoms with E-state index in [0.29, 0.717) is 12.4 Å². The number of fused-ring (bicyclic) bond motifs is 1. The number of methoxy groups -OCH3 is 1. The third-order valence-electron chi connectivity index (χ3n) is 6.20. The van der Waals surface area contributed by atoms with Gasteiger partial charge in [-0.1, -0.05) is 24.3 Å². The Morgan fingerprint density at radius 3 is 2.48 bits per heavy atom. The van der Waals surface area contributed by atoms with Crippen molar-refractivity contribution in [1.82, 2.24) is 4.98 Å². The van der Waals surface area contributed by atoms with E-state index < -0.39 is 18.3 Å². The fourth-order valence-electron chi connectivity index (χ4n) is 3.69. The van der Waals surface area contributed by atoms with Crippen molar-refractivity contribution < 1.29 is 23.6 Å². The highest BCUT2D eigenvalue weighted by atomic mass is 16.7. The van der Waals surface area contributed by atoms with Crippen molar-refractivity contribution in [2.75, 3.05) is 7.11 Å². The zero-order valence-corrected chi connectivity index (χ0v) is 18.7. The second kappa shape index (κ2) is 8.06. The molecule has 1 saturated heterocycles. The van der Waals surface area contributed by atoms with Crippen LogP contribution in [0.2, 0.25) is 0 Å². The standard InChI is InChI=1S/C24H28BNO5/c1-23(2)24(3,4)31-25(30-23)19-12-16(13-20-18(19)10-11-26-20)15-29-21-9-7-6-8-17(21)14-22(27)28-5/h6-13,26H,14-15H2,1-5H3. The molecule has 1 N–H and O–H groups in total. The Labute approximate surface area is 183 Å². The van der Waals surface area contributed by atoms with Gasteiger partial charge in [0.15, 0.2) is 0 Å². The summed E-state index contributed by atoms with van der Waals surface area (Å²) in [7, 11) is 0.920. The third kappa shape index (κ3) is 4.20. The van der Waals surface area contributed by atoms with Gasteiger partial charge in [-0.2, -0.15) is 0 Å². The van der Waals surface area contributed by atoms with Crippen molar-refractivity contribution in [3.8, 4) is 5.75 Å². The minimum Gasteiger partial charge on any atom is -0.489 e. The fraction of sp³-hybridized carbons (Fsp3) is 0.375. The van der Waals surface area contributed by atoms with Crippen LogP contribution in [0.3, 0.4) is 0 Å². The van der Waals surface area contributed by atoms with Crippen molar-refractivity contribution in [1.29, 1.82) is 0 Å². The third-order valence-corrected chi connectivity index (χ3v) is 6.20. The topological polar surface area (TPSA) is 69.8 Å². The highest BCUT2D eigenvalue weighted by Gasteiger charge is 2.52. The normalized spacial score (nSPS) is 17.1. The molecule has 2 heterocycles. The van der Waals surface area contributed by atoms with Crippen molar-refractivity contribution >= 4 is 29.5 Å². The first-order chi connectivity index (χ1) is 14.7. The number of carbonyl (C=O) groups excluding carboxylic acids is 1. The number of hydrogen-bond donors (Lipinski definition) is 1. The van der Waals surface area contributed by atoms with Crippen LogP contribution in [0.25, 0.3) is 10.9 Å². The molecule has 7 heteroatoms. The number of hydrogen-bond acceptors (Lipinski definition) is 5. The van der Waals surface area contributed by atoms with Crippen LogP contribution < -0.4 is 10.2 Å². The summed E-state index contributed by atoms with van der Waals surface area (Å²) in [4.78, 5) is 15.0. The number of nitrogens with one attached hydrogen (secondary N) is 1. The van der Waals surface area contributed by atoms with E-state index in [1.165, 1.54) is 7.11 Å². The van der Waals surface area contributed by atoms with Crippen LogP contribution in [0.1, 0.15) is 38.8 Å². The summed E-state index contributed by atoms with van der Waals surface area (Å²) in [6.45, 7) is 8.54. The van der Waals surface area contributed by atoms with Gasteiger partial charge >= 0.3 is 13.1 Å². The van der Waals surface area contributed by atoms with E-state index in [9.17, 15) is 4.79 Å². The second-order valence-corrected chi connectivity index (χ2v) is 8.86. The lowest BCUT2D eigenvalue weighted by molar-refractivity contribution is -0.139. The number of rotatable bonds is 6. The Bertz CT molecular complexity index is 1090. The van der Waals surface area contributed by atoms with Gasteiger partial charge < -0.3 is 23.8 Å². The van der Waals surface area contributed by atoms with E-state index in [2.05, 4.69) is 17.1 Å². The van der Waals surface area contributed by atoms with E-state index >= 15 is 0 Å². The molecule has 0 radical (unpaired) electrons. The number of H-pyrrole nitrogens is 1. The van der Waals surface area contributed by atoms with Gasteiger partial charge in [0.1, 0.15) is 12.4 Å². The Kier molecular flexibility index (Phi) is 5.58. The molecule has 31 heavy (non-hydrogen) atoms. The lowest BCUT2D eigenvalue weighted by Gasteiger charge is -2.32. The van der Waals surface area contributed by atoms with Gasteiger partial charge in [-0.3, -0.25) is 4.79 Å². The SMILES string of the molecule is COC(=O)Cc1ccccc1OCc1cc(B2OC(C)(C)C(C)(C)O2)c2cc[nH]c2c1. The predicted molar refractivity (Wildman–Crippen MR) is 121 cm³/mol. The van der Waals surface area contributed by atoms with Gasteiger partial charge in [0.05, 0.1) is 24.7 Å². The number of carbonyl (C=O) groups is 1. The molecule has 2 aromatic carbocycles. The number of ether oxygens (including phenoxy) is 2. The summed E-state index contributed by atoms with van der Waals surface area (Å²) in [5.74, 6) is 0.364. The molecule has 0 amide bonds. The number of esters is 1. The van der Waals surface area contributed by atoms with E-state index in [1.807, 2.05) is 64.2 Å². The molecule has 1 aliphatic heterocycles. The number of benzene rings is 2. The molecule has 1 fully saturated rings. The zero-order chi connectivity index (χ0) is 22.2. The lowest BCUT2D eigenvalue weighted by Crippen LogP contribution is -2.41. The highest BCUT2D eigenvalue weighted by Crippen LogP contribution is 2.37. The van der Waals surface area contributed by atoms with Crippen LogP contribution in [0.15, 0.2) is 48.7 Å². The van der Waals surface area contributed by atoms with Crippen molar-refractivity contribution in [3.05, 3.63) is 59.8 Å². The van der Waals surface area contributed by atoms with Crippen LogP contribution in [-0.2, 0) is 31.9 Å². The lowest BCUT2D eigenvalue weighted by atomic mass is 9.76. The fourth-order valence-corrected chi connectivity index (χ4v) is 3.69. The molecule has 0 atom stereocenters. The van der Waals surface area contributed by atoms with Gasteiger partial charge in [0, 0.05) is 17.3 Å². The van der Waals surface area contributed by atoms with Crippen LogP contribution in [0.4, 0.5) is 0 Å². The van der Waals surface area contributed by atoms with Crippen molar-refractivity contribution in [2.24, 2.45) is 0 Å². The Morgan fingerprint density at radius 2 is 1.77 bits per heavy atom. The average molecular weight is 421 g/mol. The molecule has 3 aromatic rings. The van der Waals surface area contributed by atoms with E-state index in [-0.39, 0.29) is 12.4 Å². The number of para-hydroxylation sites is 1. The van der Waals surface area contributed by atoms with Gasteiger partial charge in [-0.05, 0) is 62.3 Å². The quantitative estimate of drug-likeness (QED) is 0.485. The summed E-state index contributed by atoms with van der Waals surface area (Å²) in [5.41, 5.74) is 2.90. The minimum absolute atomic E-state index is 0.168. The molecule has 4 rings (SSSR count). The maximum Gasteiger partial charge on any atom is 0.495 e. The summed E-state index contributed by atoms with van der Waals surface area (Å²) >= 11 is 0. The van der Waals surface area contributed by atoms with Crippen LogP contribution >= 0.6 is 0 Å². The first kappa shape index (κ1) is 21.5.